The maximum Gasteiger partial charge on any atom is 0.131 e. The molecular weight excluding hydrogens is 226 g/mol. The minimum Gasteiger partial charge on any atom is -0.494 e. The highest BCUT2D eigenvalue weighted by atomic mass is 16.5. The maximum absolute atomic E-state index is 8.82. The summed E-state index contributed by atoms with van der Waals surface area (Å²) in [4.78, 5) is 0. The summed E-state index contributed by atoms with van der Waals surface area (Å²) in [6.07, 6.45) is 0. The summed E-state index contributed by atoms with van der Waals surface area (Å²) < 4.78 is 11.1. The fraction of sp³-hybridized carbons (Fsp3) is 0.133. The van der Waals surface area contributed by atoms with Gasteiger partial charge in [0.1, 0.15) is 17.2 Å². The lowest BCUT2D eigenvalue weighted by Crippen LogP contribution is -1.91. The molecule has 2 aromatic carbocycles. The summed E-state index contributed by atoms with van der Waals surface area (Å²) in [5, 5.41) is 8.82. The lowest BCUT2D eigenvalue weighted by atomic mass is 10.2. The molecule has 0 aliphatic carbocycles. The molecule has 0 amide bonds. The van der Waals surface area contributed by atoms with Gasteiger partial charge in [0.15, 0.2) is 0 Å². The zero-order valence-corrected chi connectivity index (χ0v) is 10.1. The van der Waals surface area contributed by atoms with E-state index in [1.165, 1.54) is 0 Å². The second-order valence-electron chi connectivity index (χ2n) is 3.65. The first-order valence-electron chi connectivity index (χ1n) is 5.72. The topological polar surface area (TPSA) is 42.2 Å². The van der Waals surface area contributed by atoms with Gasteiger partial charge in [0.05, 0.1) is 18.2 Å². The van der Waals surface area contributed by atoms with Gasteiger partial charge in [0, 0.05) is 6.07 Å². The van der Waals surface area contributed by atoms with E-state index < -0.39 is 0 Å². The third-order valence-electron chi connectivity index (χ3n) is 2.32. The van der Waals surface area contributed by atoms with E-state index >= 15 is 0 Å². The van der Waals surface area contributed by atoms with Crippen LogP contribution in [0, 0.1) is 11.3 Å². The molecule has 0 fully saturated rings. The number of rotatable bonds is 4. The summed E-state index contributed by atoms with van der Waals surface area (Å²) in [7, 11) is 0. The van der Waals surface area contributed by atoms with Crippen LogP contribution in [0.15, 0.2) is 48.5 Å². The molecule has 0 aliphatic heterocycles. The smallest absolute Gasteiger partial charge is 0.131 e. The fourth-order valence-electron chi connectivity index (χ4n) is 1.56. The van der Waals surface area contributed by atoms with E-state index in [-0.39, 0.29) is 0 Å². The second-order valence-corrected chi connectivity index (χ2v) is 3.65. The van der Waals surface area contributed by atoms with Crippen LogP contribution >= 0.6 is 0 Å². The molecule has 0 spiro atoms. The van der Waals surface area contributed by atoms with Crippen LogP contribution in [-0.2, 0) is 0 Å². The molecule has 0 heterocycles. The lowest BCUT2D eigenvalue weighted by molar-refractivity contribution is 0.338. The van der Waals surface area contributed by atoms with Crippen LogP contribution in [0.2, 0.25) is 0 Å². The van der Waals surface area contributed by atoms with Crippen LogP contribution in [0.25, 0.3) is 0 Å². The Morgan fingerprint density at radius 3 is 2.39 bits per heavy atom. The molecule has 0 bridgehead atoms. The third-order valence-corrected chi connectivity index (χ3v) is 2.32. The van der Waals surface area contributed by atoms with Crippen LogP contribution in [0.3, 0.4) is 0 Å². The SMILES string of the molecule is CCOc1cccc(Oc2cccc(C#N)c2)c1. The van der Waals surface area contributed by atoms with Crippen LogP contribution in [0.4, 0.5) is 0 Å². The Morgan fingerprint density at radius 1 is 1.00 bits per heavy atom. The van der Waals surface area contributed by atoms with E-state index in [1.54, 1.807) is 18.2 Å². The lowest BCUT2D eigenvalue weighted by Gasteiger charge is -2.08. The Morgan fingerprint density at radius 2 is 1.67 bits per heavy atom. The standard InChI is InChI=1S/C15H13NO2/c1-2-17-13-6-4-8-15(10-13)18-14-7-3-5-12(9-14)11-16/h3-10H,2H2,1H3. The highest BCUT2D eigenvalue weighted by molar-refractivity contribution is 5.40. The summed E-state index contributed by atoms with van der Waals surface area (Å²) in [5.41, 5.74) is 0.577. The number of nitrogens with zero attached hydrogens (tertiary/aromatic N) is 1. The van der Waals surface area contributed by atoms with E-state index in [0.29, 0.717) is 23.7 Å². The first-order valence-corrected chi connectivity index (χ1v) is 5.72. The van der Waals surface area contributed by atoms with E-state index in [1.807, 2.05) is 37.3 Å². The Bertz CT molecular complexity index is 573. The zero-order chi connectivity index (χ0) is 12.8. The normalized spacial score (nSPS) is 9.56. The highest BCUT2D eigenvalue weighted by Gasteiger charge is 2.00. The maximum atomic E-state index is 8.82. The molecule has 0 atom stereocenters. The number of hydrogen-bond acceptors (Lipinski definition) is 3. The van der Waals surface area contributed by atoms with Crippen molar-refractivity contribution in [3.63, 3.8) is 0 Å². The molecule has 2 aromatic rings. The van der Waals surface area contributed by atoms with Gasteiger partial charge in [-0.15, -0.1) is 0 Å². The van der Waals surface area contributed by atoms with Gasteiger partial charge in [-0.25, -0.2) is 0 Å². The largest absolute Gasteiger partial charge is 0.494 e. The Hall–Kier alpha value is -2.47. The van der Waals surface area contributed by atoms with Crippen molar-refractivity contribution in [2.75, 3.05) is 6.61 Å². The average molecular weight is 239 g/mol. The molecule has 90 valence electrons. The summed E-state index contributed by atoms with van der Waals surface area (Å²) in [6, 6.07) is 16.5. The predicted octanol–water partition coefficient (Wildman–Crippen LogP) is 3.75. The monoisotopic (exact) mass is 239 g/mol. The molecule has 3 heteroatoms. The molecule has 0 saturated carbocycles. The van der Waals surface area contributed by atoms with Gasteiger partial charge < -0.3 is 9.47 Å². The van der Waals surface area contributed by atoms with E-state index in [4.69, 9.17) is 14.7 Å². The predicted molar refractivity (Wildman–Crippen MR) is 68.8 cm³/mol. The van der Waals surface area contributed by atoms with Crippen molar-refractivity contribution in [3.05, 3.63) is 54.1 Å². The number of benzene rings is 2. The van der Waals surface area contributed by atoms with Gasteiger partial charge in [-0.3, -0.25) is 0 Å². The van der Waals surface area contributed by atoms with Crippen LogP contribution in [0.5, 0.6) is 17.2 Å². The quantitative estimate of drug-likeness (QED) is 0.816. The van der Waals surface area contributed by atoms with Crippen LogP contribution in [-0.4, -0.2) is 6.61 Å². The molecule has 0 aliphatic rings. The highest BCUT2D eigenvalue weighted by Crippen LogP contribution is 2.25. The van der Waals surface area contributed by atoms with Gasteiger partial charge in [-0.05, 0) is 37.3 Å². The van der Waals surface area contributed by atoms with Gasteiger partial charge in [-0.1, -0.05) is 12.1 Å². The van der Waals surface area contributed by atoms with Crippen molar-refractivity contribution in [2.24, 2.45) is 0 Å². The van der Waals surface area contributed by atoms with Crippen molar-refractivity contribution in [2.45, 2.75) is 6.92 Å². The van der Waals surface area contributed by atoms with Crippen LogP contribution < -0.4 is 9.47 Å². The molecule has 18 heavy (non-hydrogen) atoms. The first kappa shape index (κ1) is 12.0. The molecule has 0 N–H and O–H groups in total. The Labute approximate surface area is 106 Å². The van der Waals surface area contributed by atoms with Crippen molar-refractivity contribution in [1.82, 2.24) is 0 Å². The number of hydrogen-bond donors (Lipinski definition) is 0. The summed E-state index contributed by atoms with van der Waals surface area (Å²) >= 11 is 0. The van der Waals surface area contributed by atoms with Crippen molar-refractivity contribution < 1.29 is 9.47 Å². The van der Waals surface area contributed by atoms with E-state index in [0.717, 1.165) is 5.75 Å². The molecule has 0 unspecified atom stereocenters. The van der Waals surface area contributed by atoms with Gasteiger partial charge >= 0.3 is 0 Å². The molecule has 0 saturated heterocycles. The molecular formula is C15H13NO2. The fourth-order valence-corrected chi connectivity index (χ4v) is 1.56. The average Bonchev–Trinajstić information content (AvgIpc) is 2.40. The molecule has 3 nitrogen and oxygen atoms in total. The van der Waals surface area contributed by atoms with Crippen molar-refractivity contribution >= 4 is 0 Å². The summed E-state index contributed by atoms with van der Waals surface area (Å²) in [5.74, 6) is 2.10. The van der Waals surface area contributed by atoms with Crippen molar-refractivity contribution in [3.8, 4) is 23.3 Å². The molecule has 0 radical (unpaired) electrons. The zero-order valence-electron chi connectivity index (χ0n) is 10.1. The van der Waals surface area contributed by atoms with Crippen LogP contribution in [0.1, 0.15) is 12.5 Å². The third kappa shape index (κ3) is 3.02. The van der Waals surface area contributed by atoms with Gasteiger partial charge in [0.25, 0.3) is 0 Å². The minimum atomic E-state index is 0.577. The Balaban J connectivity index is 2.18. The first-order chi connectivity index (χ1) is 8.81. The molecule has 0 aromatic heterocycles. The van der Waals surface area contributed by atoms with Crippen molar-refractivity contribution in [1.29, 1.82) is 5.26 Å². The number of nitriles is 1. The van der Waals surface area contributed by atoms with E-state index in [9.17, 15) is 0 Å². The summed E-state index contributed by atoms with van der Waals surface area (Å²) in [6.45, 7) is 2.55. The number of ether oxygens (including phenoxy) is 2. The minimum absolute atomic E-state index is 0.577. The Kier molecular flexibility index (Phi) is 3.83. The van der Waals surface area contributed by atoms with E-state index in [2.05, 4.69) is 6.07 Å². The van der Waals surface area contributed by atoms with Gasteiger partial charge in [0.2, 0.25) is 0 Å². The van der Waals surface area contributed by atoms with Gasteiger partial charge in [-0.2, -0.15) is 5.26 Å². The second kappa shape index (κ2) is 5.74. The molecule has 2 rings (SSSR count).